The minimum Gasteiger partial charge on any atom is -0.493 e. The maximum Gasteiger partial charge on any atom is 0.316 e. The van der Waals surface area contributed by atoms with Crippen molar-refractivity contribution in [3.8, 4) is 5.75 Å². The number of halogens is 2. The van der Waals surface area contributed by atoms with Crippen molar-refractivity contribution in [3.63, 3.8) is 0 Å². The second kappa shape index (κ2) is 15.4. The first-order chi connectivity index (χ1) is 15.6. The second-order valence-electron chi connectivity index (χ2n) is 6.24. The Labute approximate surface area is 197 Å². The van der Waals surface area contributed by atoms with Gasteiger partial charge in [0, 0.05) is 16.9 Å². The summed E-state index contributed by atoms with van der Waals surface area (Å²) in [6, 6.07) is 1.39. The third-order valence-electron chi connectivity index (χ3n) is 4.17. The molecule has 1 saturated heterocycles. The smallest absolute Gasteiger partial charge is 0.316 e. The van der Waals surface area contributed by atoms with Gasteiger partial charge in [-0.25, -0.2) is 4.39 Å². The van der Waals surface area contributed by atoms with Crippen LogP contribution in [0.5, 0.6) is 5.75 Å². The Morgan fingerprint density at radius 3 is 2.15 bits per heavy atom. The molecule has 0 saturated carbocycles. The first kappa shape index (κ1) is 30.5. The lowest BCUT2D eigenvalue weighted by molar-refractivity contribution is -0.479. The van der Waals surface area contributed by atoms with Crippen LogP contribution in [0.25, 0.3) is 0 Å². The van der Waals surface area contributed by atoms with Gasteiger partial charge < -0.3 is 23.7 Å². The van der Waals surface area contributed by atoms with Crippen molar-refractivity contribution in [2.75, 3.05) is 40.6 Å². The van der Waals surface area contributed by atoms with Crippen LogP contribution in [-0.4, -0.2) is 57.4 Å². The highest BCUT2D eigenvalue weighted by molar-refractivity contribution is 6.31. The summed E-state index contributed by atoms with van der Waals surface area (Å²) in [4.78, 5) is 30.6. The highest BCUT2D eigenvalue weighted by Crippen LogP contribution is 2.42. The lowest BCUT2D eigenvalue weighted by atomic mass is 9.99. The van der Waals surface area contributed by atoms with E-state index in [1.165, 1.54) is 20.3 Å². The Balaban J connectivity index is 0.000000786. The van der Waals surface area contributed by atoms with Crippen molar-refractivity contribution in [3.05, 3.63) is 38.1 Å². The van der Waals surface area contributed by atoms with Crippen molar-refractivity contribution in [2.24, 2.45) is 0 Å². The predicted octanol–water partition coefficient (Wildman–Crippen LogP) is 3.67. The van der Waals surface area contributed by atoms with Crippen molar-refractivity contribution in [1.82, 2.24) is 0 Å². The first-order valence-electron chi connectivity index (χ1n) is 10.3. The van der Waals surface area contributed by atoms with E-state index in [0.29, 0.717) is 18.8 Å². The van der Waals surface area contributed by atoms with E-state index in [9.17, 15) is 24.1 Å². The molecule has 12 heteroatoms. The summed E-state index contributed by atoms with van der Waals surface area (Å²) >= 11 is 5.94. The average molecular weight is 496 g/mol. The van der Waals surface area contributed by atoms with E-state index < -0.39 is 35.0 Å². The Morgan fingerprint density at radius 1 is 1.21 bits per heavy atom. The molecule has 1 heterocycles. The monoisotopic (exact) mass is 495 g/mol. The number of carbonyl (C=O) groups excluding carboxylic acids is 2. The minimum absolute atomic E-state index is 0.0707. The van der Waals surface area contributed by atoms with E-state index in [1.54, 1.807) is 13.8 Å². The van der Waals surface area contributed by atoms with Crippen LogP contribution in [0.15, 0.2) is 6.07 Å². The Bertz CT molecular complexity index is 784. The minimum atomic E-state index is -1.11. The molecule has 1 aliphatic rings. The number of rotatable bonds is 8. The maximum absolute atomic E-state index is 14.3. The number of hydrogen-bond acceptors (Lipinski definition) is 9. The molecule has 0 radical (unpaired) electrons. The van der Waals surface area contributed by atoms with Crippen LogP contribution in [0.2, 0.25) is 5.02 Å². The van der Waals surface area contributed by atoms with Gasteiger partial charge in [-0.15, -0.1) is 0 Å². The van der Waals surface area contributed by atoms with E-state index in [-0.39, 0.29) is 35.8 Å². The lowest BCUT2D eigenvalue weighted by Crippen LogP contribution is -2.25. The van der Waals surface area contributed by atoms with Gasteiger partial charge in [-0.05, 0) is 19.9 Å². The largest absolute Gasteiger partial charge is 0.493 e. The molecule has 0 amide bonds. The van der Waals surface area contributed by atoms with Crippen LogP contribution in [0.3, 0.4) is 0 Å². The van der Waals surface area contributed by atoms with Crippen LogP contribution in [-0.2, 0) is 40.7 Å². The Morgan fingerprint density at radius 2 is 1.73 bits per heavy atom. The molecule has 33 heavy (non-hydrogen) atoms. The van der Waals surface area contributed by atoms with Crippen LogP contribution in [0, 0.1) is 15.9 Å². The quantitative estimate of drug-likeness (QED) is 0.230. The summed E-state index contributed by atoms with van der Waals surface area (Å²) in [6.45, 7) is 8.06. The molecule has 1 aliphatic heterocycles. The van der Waals surface area contributed by atoms with Crippen molar-refractivity contribution in [1.29, 1.82) is 0 Å². The molecule has 0 bridgehead atoms. The topological polar surface area (TPSA) is 123 Å². The van der Waals surface area contributed by atoms with Crippen LogP contribution in [0.4, 0.5) is 4.39 Å². The van der Waals surface area contributed by atoms with Gasteiger partial charge in [0.25, 0.3) is 0 Å². The molecule has 1 aromatic carbocycles. The summed E-state index contributed by atoms with van der Waals surface area (Å²) in [5, 5.41) is 10.5. The lowest BCUT2D eigenvalue weighted by Gasteiger charge is -2.27. The molecule has 10 nitrogen and oxygen atoms in total. The molecule has 188 valence electrons. The molecular formula is C21H31ClFNO9. The van der Waals surface area contributed by atoms with Gasteiger partial charge in [0.2, 0.25) is 6.54 Å². The number of carbonyl (C=O) groups is 2. The average Bonchev–Trinajstić information content (AvgIpc) is 3.24. The number of nitrogens with zero attached hydrogens (tertiary/aromatic N) is 1. The van der Waals surface area contributed by atoms with Gasteiger partial charge in [-0.2, -0.15) is 0 Å². The number of hydrogen-bond donors (Lipinski definition) is 0. The number of nitro groups is 1. The van der Waals surface area contributed by atoms with Crippen molar-refractivity contribution >= 4 is 23.5 Å². The molecule has 1 aromatic rings. The molecule has 0 unspecified atom stereocenters. The molecule has 1 fully saturated rings. The summed E-state index contributed by atoms with van der Waals surface area (Å²) in [6.07, 6.45) is -0.440. The van der Waals surface area contributed by atoms with Gasteiger partial charge in [-0.1, -0.05) is 25.4 Å². The predicted molar refractivity (Wildman–Crippen MR) is 117 cm³/mol. The first-order valence-corrected chi connectivity index (χ1v) is 10.6. The third-order valence-corrected chi connectivity index (χ3v) is 4.44. The standard InChI is InChI=1S/C14H17ClFNO5.C5H8O4.C2H6/c1-3-20-13-9(4-5-17(18)19)12(16)11(15)8-10(13)14(2)21-6-7-22-14;1-8-4(6)3-5(7)9-2;1-2/h8H,3-7H2,1-2H3;3H2,1-2H3;1-2H3. The summed E-state index contributed by atoms with van der Waals surface area (Å²) in [5.41, 5.74) is 0.512. The normalized spacial score (nSPS) is 13.6. The number of esters is 2. The van der Waals surface area contributed by atoms with E-state index in [0.717, 1.165) is 0 Å². The summed E-state index contributed by atoms with van der Waals surface area (Å²) < 4.78 is 39.4. The molecule has 0 atom stereocenters. The number of ether oxygens (including phenoxy) is 5. The fourth-order valence-electron chi connectivity index (χ4n) is 2.67. The highest BCUT2D eigenvalue weighted by Gasteiger charge is 2.38. The van der Waals surface area contributed by atoms with Crippen molar-refractivity contribution in [2.45, 2.75) is 46.3 Å². The summed E-state index contributed by atoms with van der Waals surface area (Å²) in [5.74, 6) is -2.78. The fourth-order valence-corrected chi connectivity index (χ4v) is 2.89. The molecular weight excluding hydrogens is 465 g/mol. The van der Waals surface area contributed by atoms with Gasteiger partial charge >= 0.3 is 11.9 Å². The molecule has 0 N–H and O–H groups in total. The molecule has 0 spiro atoms. The molecule has 0 aromatic heterocycles. The highest BCUT2D eigenvalue weighted by atomic mass is 35.5. The zero-order valence-corrected chi connectivity index (χ0v) is 20.5. The van der Waals surface area contributed by atoms with Gasteiger partial charge in [0.05, 0.1) is 44.6 Å². The van der Waals surface area contributed by atoms with E-state index in [1.807, 2.05) is 13.8 Å². The van der Waals surface area contributed by atoms with E-state index in [2.05, 4.69) is 9.47 Å². The number of benzene rings is 1. The van der Waals surface area contributed by atoms with Gasteiger partial charge in [0.1, 0.15) is 18.0 Å². The maximum atomic E-state index is 14.3. The second-order valence-corrected chi connectivity index (χ2v) is 6.65. The Hall–Kier alpha value is -2.50. The molecule has 2 rings (SSSR count). The molecule has 0 aliphatic carbocycles. The third kappa shape index (κ3) is 9.48. The number of methoxy groups -OCH3 is 2. The van der Waals surface area contributed by atoms with E-state index in [4.69, 9.17) is 25.8 Å². The van der Waals surface area contributed by atoms with Crippen LogP contribution < -0.4 is 4.74 Å². The van der Waals surface area contributed by atoms with Gasteiger partial charge in [-0.3, -0.25) is 19.7 Å². The van der Waals surface area contributed by atoms with Crippen LogP contribution >= 0.6 is 11.6 Å². The van der Waals surface area contributed by atoms with Crippen LogP contribution in [0.1, 0.15) is 45.2 Å². The zero-order chi connectivity index (χ0) is 25.6. The SMILES string of the molecule is CC.CCOc1c(C2(C)OCCO2)cc(Cl)c(F)c1CC[N+](=O)[O-].COC(=O)CC(=O)OC. The summed E-state index contributed by atoms with van der Waals surface area (Å²) in [7, 11) is 2.43. The Kier molecular flexibility index (Phi) is 14.2. The van der Waals surface area contributed by atoms with Crippen molar-refractivity contribution < 1.29 is 42.6 Å². The fraction of sp³-hybridized carbons (Fsp3) is 0.619. The van der Waals surface area contributed by atoms with E-state index >= 15 is 0 Å². The van der Waals surface area contributed by atoms with Gasteiger partial charge in [0.15, 0.2) is 5.79 Å². The zero-order valence-electron chi connectivity index (χ0n) is 19.7.